The van der Waals surface area contributed by atoms with E-state index in [1.165, 1.54) is 0 Å². The Labute approximate surface area is 117 Å². The first kappa shape index (κ1) is 12.9. The minimum atomic E-state index is 0.0195. The number of carbonyl (C=O) groups is 1. The minimum absolute atomic E-state index is 0.0195. The minimum Gasteiger partial charge on any atom is -0.361 e. The molecule has 2 aromatic rings. The Morgan fingerprint density at radius 1 is 1.45 bits per heavy atom. The van der Waals surface area contributed by atoms with Crippen LogP contribution in [0.2, 0.25) is 0 Å². The Balaban J connectivity index is 1.79. The Morgan fingerprint density at radius 3 is 2.95 bits per heavy atom. The van der Waals surface area contributed by atoms with E-state index < -0.39 is 0 Å². The molecule has 0 bridgehead atoms. The highest BCUT2D eigenvalue weighted by molar-refractivity contribution is 5.96. The molecule has 0 N–H and O–H groups in total. The zero-order valence-electron chi connectivity index (χ0n) is 11.7. The van der Waals surface area contributed by atoms with Crippen molar-refractivity contribution in [3.05, 3.63) is 35.7 Å². The average molecular weight is 274 g/mol. The zero-order valence-corrected chi connectivity index (χ0v) is 11.7. The molecule has 106 valence electrons. The van der Waals surface area contributed by atoms with Crippen molar-refractivity contribution in [2.24, 2.45) is 0 Å². The van der Waals surface area contributed by atoms with Gasteiger partial charge in [-0.2, -0.15) is 0 Å². The van der Waals surface area contributed by atoms with Gasteiger partial charge in [0.05, 0.1) is 18.1 Å². The lowest BCUT2D eigenvalue weighted by Crippen LogP contribution is -2.40. The summed E-state index contributed by atoms with van der Waals surface area (Å²) in [5.74, 6) is 0.614. The molecule has 3 heterocycles. The van der Waals surface area contributed by atoms with Gasteiger partial charge in [0.25, 0.3) is 5.91 Å². The third kappa shape index (κ3) is 2.21. The van der Waals surface area contributed by atoms with Gasteiger partial charge in [-0.15, -0.1) is 0 Å². The fourth-order valence-electron chi connectivity index (χ4n) is 2.81. The van der Waals surface area contributed by atoms with Crippen molar-refractivity contribution >= 4 is 5.91 Å². The van der Waals surface area contributed by atoms with Crippen LogP contribution in [0.25, 0.3) is 0 Å². The SMILES string of the molecule is Cc1noc(C)c1C(=O)N1CCCC(n2ccnc2)C1. The van der Waals surface area contributed by atoms with Crippen LogP contribution in [0.5, 0.6) is 0 Å². The number of aryl methyl sites for hydroxylation is 2. The number of rotatable bonds is 2. The van der Waals surface area contributed by atoms with E-state index in [0.29, 0.717) is 29.6 Å². The molecule has 0 radical (unpaired) electrons. The maximum atomic E-state index is 12.6. The molecule has 0 spiro atoms. The van der Waals surface area contributed by atoms with Crippen LogP contribution in [-0.2, 0) is 0 Å². The lowest BCUT2D eigenvalue weighted by Gasteiger charge is -2.33. The Kier molecular flexibility index (Phi) is 3.30. The summed E-state index contributed by atoms with van der Waals surface area (Å²) in [7, 11) is 0. The first-order chi connectivity index (χ1) is 9.66. The van der Waals surface area contributed by atoms with E-state index in [2.05, 4.69) is 14.7 Å². The van der Waals surface area contributed by atoms with Gasteiger partial charge < -0.3 is 14.0 Å². The van der Waals surface area contributed by atoms with Crippen LogP contribution in [0.3, 0.4) is 0 Å². The van der Waals surface area contributed by atoms with Crippen molar-refractivity contribution in [3.63, 3.8) is 0 Å². The number of carbonyl (C=O) groups excluding carboxylic acids is 1. The largest absolute Gasteiger partial charge is 0.361 e. The molecular weight excluding hydrogens is 256 g/mol. The summed E-state index contributed by atoms with van der Waals surface area (Å²) in [6.07, 6.45) is 7.61. The average Bonchev–Trinajstić information content (AvgIpc) is 3.09. The second kappa shape index (κ2) is 5.11. The van der Waals surface area contributed by atoms with E-state index >= 15 is 0 Å². The molecule has 1 saturated heterocycles. The van der Waals surface area contributed by atoms with Crippen molar-refractivity contribution in [2.75, 3.05) is 13.1 Å². The number of amides is 1. The third-order valence-corrected chi connectivity index (χ3v) is 3.88. The first-order valence-corrected chi connectivity index (χ1v) is 6.86. The molecule has 1 amide bonds. The van der Waals surface area contributed by atoms with Gasteiger partial charge in [0, 0.05) is 25.5 Å². The number of hydrogen-bond acceptors (Lipinski definition) is 4. The van der Waals surface area contributed by atoms with E-state index in [1.807, 2.05) is 17.4 Å². The van der Waals surface area contributed by atoms with Gasteiger partial charge in [0.2, 0.25) is 0 Å². The van der Waals surface area contributed by atoms with Crippen molar-refractivity contribution in [1.29, 1.82) is 0 Å². The molecule has 6 heteroatoms. The fourth-order valence-corrected chi connectivity index (χ4v) is 2.81. The molecule has 1 unspecified atom stereocenters. The van der Waals surface area contributed by atoms with Crippen molar-refractivity contribution in [1.82, 2.24) is 19.6 Å². The van der Waals surface area contributed by atoms with E-state index in [-0.39, 0.29) is 5.91 Å². The second-order valence-corrected chi connectivity index (χ2v) is 5.26. The summed E-state index contributed by atoms with van der Waals surface area (Å²) in [4.78, 5) is 18.6. The molecule has 1 aliphatic heterocycles. The molecule has 6 nitrogen and oxygen atoms in total. The summed E-state index contributed by atoms with van der Waals surface area (Å²) < 4.78 is 7.17. The molecule has 1 aliphatic rings. The summed E-state index contributed by atoms with van der Waals surface area (Å²) >= 11 is 0. The summed E-state index contributed by atoms with van der Waals surface area (Å²) in [5, 5.41) is 3.86. The predicted molar refractivity (Wildman–Crippen MR) is 72.4 cm³/mol. The van der Waals surface area contributed by atoms with Crippen molar-refractivity contribution in [3.8, 4) is 0 Å². The summed E-state index contributed by atoms with van der Waals surface area (Å²) in [5.41, 5.74) is 1.27. The number of aromatic nitrogens is 3. The number of likely N-dealkylation sites (tertiary alicyclic amines) is 1. The van der Waals surface area contributed by atoms with Gasteiger partial charge in [0.15, 0.2) is 0 Å². The van der Waals surface area contributed by atoms with E-state index in [1.54, 1.807) is 20.0 Å². The van der Waals surface area contributed by atoms with Gasteiger partial charge in [-0.3, -0.25) is 4.79 Å². The number of piperidine rings is 1. The van der Waals surface area contributed by atoms with Crippen LogP contribution >= 0.6 is 0 Å². The van der Waals surface area contributed by atoms with E-state index in [9.17, 15) is 4.79 Å². The molecule has 1 atom stereocenters. The predicted octanol–water partition coefficient (Wildman–Crippen LogP) is 1.97. The van der Waals surface area contributed by atoms with Crippen LogP contribution in [0.1, 0.15) is 40.7 Å². The number of imidazole rings is 1. The highest BCUT2D eigenvalue weighted by atomic mass is 16.5. The third-order valence-electron chi connectivity index (χ3n) is 3.88. The fraction of sp³-hybridized carbons (Fsp3) is 0.500. The maximum absolute atomic E-state index is 12.6. The van der Waals surface area contributed by atoms with E-state index in [0.717, 1.165) is 19.4 Å². The van der Waals surface area contributed by atoms with Crippen molar-refractivity contribution in [2.45, 2.75) is 32.7 Å². The Morgan fingerprint density at radius 2 is 2.30 bits per heavy atom. The highest BCUT2D eigenvalue weighted by Crippen LogP contribution is 2.24. The Bertz CT molecular complexity index is 583. The van der Waals surface area contributed by atoms with Gasteiger partial charge in [0.1, 0.15) is 11.3 Å². The van der Waals surface area contributed by atoms with Crippen LogP contribution in [0.15, 0.2) is 23.2 Å². The molecule has 3 rings (SSSR count). The molecule has 2 aromatic heterocycles. The van der Waals surface area contributed by atoms with Crippen LogP contribution < -0.4 is 0 Å². The van der Waals surface area contributed by atoms with Crippen LogP contribution in [0, 0.1) is 13.8 Å². The molecule has 0 aromatic carbocycles. The first-order valence-electron chi connectivity index (χ1n) is 6.86. The molecule has 1 fully saturated rings. The Hall–Kier alpha value is -2.11. The molecule has 0 aliphatic carbocycles. The zero-order chi connectivity index (χ0) is 14.1. The second-order valence-electron chi connectivity index (χ2n) is 5.26. The number of nitrogens with zero attached hydrogens (tertiary/aromatic N) is 4. The van der Waals surface area contributed by atoms with Gasteiger partial charge in [-0.1, -0.05) is 5.16 Å². The van der Waals surface area contributed by atoms with Gasteiger partial charge in [-0.25, -0.2) is 4.98 Å². The normalized spacial score (nSPS) is 19.3. The van der Waals surface area contributed by atoms with Crippen LogP contribution in [-0.4, -0.2) is 38.6 Å². The highest BCUT2D eigenvalue weighted by Gasteiger charge is 2.28. The lowest BCUT2D eigenvalue weighted by molar-refractivity contribution is 0.0677. The summed E-state index contributed by atoms with van der Waals surface area (Å²) in [6, 6.07) is 0.302. The summed E-state index contributed by atoms with van der Waals surface area (Å²) in [6.45, 7) is 5.08. The lowest BCUT2D eigenvalue weighted by atomic mass is 10.0. The maximum Gasteiger partial charge on any atom is 0.259 e. The molecule has 20 heavy (non-hydrogen) atoms. The van der Waals surface area contributed by atoms with E-state index in [4.69, 9.17) is 4.52 Å². The molecule has 0 saturated carbocycles. The van der Waals surface area contributed by atoms with Crippen LogP contribution in [0.4, 0.5) is 0 Å². The number of hydrogen-bond donors (Lipinski definition) is 0. The topological polar surface area (TPSA) is 64.2 Å². The van der Waals surface area contributed by atoms with Gasteiger partial charge in [-0.05, 0) is 26.7 Å². The quantitative estimate of drug-likeness (QED) is 0.839. The standard InChI is InChI=1S/C14H18N4O2/c1-10-13(11(2)20-16-10)14(19)17-6-3-4-12(8-17)18-7-5-15-9-18/h5,7,9,12H,3-4,6,8H2,1-2H3. The monoisotopic (exact) mass is 274 g/mol. The molecular formula is C14H18N4O2. The van der Waals surface area contributed by atoms with Crippen molar-refractivity contribution < 1.29 is 9.32 Å². The van der Waals surface area contributed by atoms with Gasteiger partial charge >= 0.3 is 0 Å². The smallest absolute Gasteiger partial charge is 0.259 e.